The van der Waals surface area contributed by atoms with E-state index in [-0.39, 0.29) is 0 Å². The van der Waals surface area contributed by atoms with Crippen LogP contribution in [0.15, 0.2) is 35.4 Å². The van der Waals surface area contributed by atoms with Crippen molar-refractivity contribution in [2.75, 3.05) is 5.01 Å². The topological polar surface area (TPSA) is 87.0 Å². The van der Waals surface area contributed by atoms with Gasteiger partial charge < -0.3 is 0 Å². The lowest BCUT2D eigenvalue weighted by molar-refractivity contribution is -0.116. The van der Waals surface area contributed by atoms with Crippen molar-refractivity contribution in [2.45, 2.75) is 5.25 Å². The fourth-order valence-corrected chi connectivity index (χ4v) is 1.90. The highest BCUT2D eigenvalue weighted by Crippen LogP contribution is 2.20. The quantitative estimate of drug-likeness (QED) is 0.752. The van der Waals surface area contributed by atoms with Gasteiger partial charge in [0.25, 0.3) is 16.0 Å². The average molecular weight is 240 g/mol. The first-order valence-electron chi connectivity index (χ1n) is 4.39. The van der Waals surface area contributed by atoms with Crippen molar-refractivity contribution in [2.24, 2.45) is 5.10 Å². The molecular formula is C9H8N2O4S. The van der Waals surface area contributed by atoms with Crippen molar-refractivity contribution < 1.29 is 17.8 Å². The molecule has 84 valence electrons. The lowest BCUT2D eigenvalue weighted by atomic mass is 10.3. The minimum Gasteiger partial charge on any atom is -0.285 e. The van der Waals surface area contributed by atoms with Gasteiger partial charge in [-0.05, 0) is 12.1 Å². The Morgan fingerprint density at radius 3 is 2.38 bits per heavy atom. The highest BCUT2D eigenvalue weighted by Gasteiger charge is 2.38. The maximum Gasteiger partial charge on any atom is 0.282 e. The molecule has 1 unspecified atom stereocenters. The van der Waals surface area contributed by atoms with Crippen LogP contribution in [0.3, 0.4) is 0 Å². The second-order valence-corrected chi connectivity index (χ2v) is 4.72. The van der Waals surface area contributed by atoms with Crippen LogP contribution in [0.25, 0.3) is 0 Å². The van der Waals surface area contributed by atoms with Crippen LogP contribution in [0.5, 0.6) is 0 Å². The summed E-state index contributed by atoms with van der Waals surface area (Å²) in [7, 11) is -4.43. The molecule has 0 aliphatic carbocycles. The van der Waals surface area contributed by atoms with E-state index >= 15 is 0 Å². The van der Waals surface area contributed by atoms with Crippen molar-refractivity contribution in [1.29, 1.82) is 0 Å². The van der Waals surface area contributed by atoms with E-state index in [2.05, 4.69) is 5.10 Å². The van der Waals surface area contributed by atoms with Crippen LogP contribution in [0, 0.1) is 0 Å². The Morgan fingerprint density at radius 1 is 1.25 bits per heavy atom. The maximum atomic E-state index is 11.6. The van der Waals surface area contributed by atoms with Crippen LogP contribution in [0.1, 0.15) is 0 Å². The maximum absolute atomic E-state index is 11.6. The van der Waals surface area contributed by atoms with E-state index in [1.54, 1.807) is 30.3 Å². The third-order valence-corrected chi connectivity index (χ3v) is 3.06. The first kappa shape index (κ1) is 10.8. The fraction of sp³-hybridized carbons (Fsp3) is 0.111. The van der Waals surface area contributed by atoms with Gasteiger partial charge in [-0.3, -0.25) is 9.35 Å². The zero-order chi connectivity index (χ0) is 11.8. The fourth-order valence-electron chi connectivity index (χ4n) is 1.34. The molecule has 1 aliphatic heterocycles. The van der Waals surface area contributed by atoms with E-state index in [0.717, 1.165) is 11.2 Å². The van der Waals surface area contributed by atoms with Crippen molar-refractivity contribution >= 4 is 27.9 Å². The number of carbonyl (C=O) groups is 1. The molecule has 0 fully saturated rings. The minimum atomic E-state index is -4.43. The average Bonchev–Trinajstić information content (AvgIpc) is 2.61. The molecule has 0 radical (unpaired) electrons. The molecule has 0 saturated carbocycles. The summed E-state index contributed by atoms with van der Waals surface area (Å²) in [5, 5.41) is 2.99. The van der Waals surface area contributed by atoms with Gasteiger partial charge in [0.15, 0.2) is 0 Å². The summed E-state index contributed by atoms with van der Waals surface area (Å²) in [5.74, 6) is -0.784. The molecule has 2 rings (SSSR count). The molecule has 1 aromatic rings. The Labute approximate surface area is 91.9 Å². The molecule has 16 heavy (non-hydrogen) atoms. The summed E-state index contributed by atoms with van der Waals surface area (Å²) in [4.78, 5) is 11.6. The van der Waals surface area contributed by atoms with E-state index in [1.165, 1.54) is 0 Å². The molecule has 6 nitrogen and oxygen atoms in total. The zero-order valence-electron chi connectivity index (χ0n) is 8.02. The standard InChI is InChI=1S/C9H8N2O4S/c12-9-8(16(13,14)15)6-10-11(9)7-4-2-1-3-5-7/h1-6,8H,(H,13,14,15). The Balaban J connectivity index is 2.32. The molecule has 0 spiro atoms. The van der Waals surface area contributed by atoms with Gasteiger partial charge in [-0.2, -0.15) is 18.5 Å². The third-order valence-electron chi connectivity index (χ3n) is 2.09. The summed E-state index contributed by atoms with van der Waals surface area (Å²) >= 11 is 0. The predicted octanol–water partition coefficient (Wildman–Crippen LogP) is 0.275. The normalized spacial score (nSPS) is 20.4. The smallest absolute Gasteiger partial charge is 0.282 e. The molecule has 1 aromatic carbocycles. The van der Waals surface area contributed by atoms with Crippen LogP contribution in [0.2, 0.25) is 0 Å². The predicted molar refractivity (Wildman–Crippen MR) is 57.8 cm³/mol. The molecular weight excluding hydrogens is 232 g/mol. The molecule has 0 aromatic heterocycles. The Kier molecular flexibility index (Phi) is 2.49. The van der Waals surface area contributed by atoms with E-state index in [9.17, 15) is 13.2 Å². The van der Waals surface area contributed by atoms with Crippen LogP contribution >= 0.6 is 0 Å². The summed E-state index contributed by atoms with van der Waals surface area (Å²) in [6.07, 6.45) is 0.907. The largest absolute Gasteiger partial charge is 0.285 e. The van der Waals surface area contributed by atoms with Crippen LogP contribution in [-0.4, -0.2) is 30.3 Å². The van der Waals surface area contributed by atoms with Gasteiger partial charge in [0.05, 0.1) is 11.9 Å². The number of nitrogens with zero attached hydrogens (tertiary/aromatic N) is 2. The minimum absolute atomic E-state index is 0.454. The van der Waals surface area contributed by atoms with Gasteiger partial charge >= 0.3 is 0 Å². The second kappa shape index (κ2) is 3.69. The van der Waals surface area contributed by atoms with Crippen LogP contribution in [0.4, 0.5) is 5.69 Å². The van der Waals surface area contributed by atoms with E-state index in [0.29, 0.717) is 5.69 Å². The second-order valence-electron chi connectivity index (χ2n) is 3.19. The number of rotatable bonds is 2. The lowest BCUT2D eigenvalue weighted by Gasteiger charge is -2.12. The van der Waals surface area contributed by atoms with Gasteiger partial charge in [-0.1, -0.05) is 18.2 Å². The number of carbonyl (C=O) groups excluding carboxylic acids is 1. The lowest BCUT2D eigenvalue weighted by Crippen LogP contribution is -2.35. The first-order chi connectivity index (χ1) is 7.50. The Morgan fingerprint density at radius 2 is 1.88 bits per heavy atom. The van der Waals surface area contributed by atoms with Gasteiger partial charge in [0.2, 0.25) is 5.25 Å². The Bertz CT molecular complexity index is 538. The molecule has 1 amide bonds. The number of amides is 1. The number of para-hydroxylation sites is 1. The van der Waals surface area contributed by atoms with Crippen molar-refractivity contribution in [3.05, 3.63) is 30.3 Å². The van der Waals surface area contributed by atoms with Crippen LogP contribution < -0.4 is 5.01 Å². The van der Waals surface area contributed by atoms with Crippen LogP contribution in [-0.2, 0) is 14.9 Å². The van der Waals surface area contributed by atoms with Gasteiger partial charge in [-0.15, -0.1) is 0 Å². The molecule has 1 aliphatic rings. The number of anilines is 1. The first-order valence-corrected chi connectivity index (χ1v) is 5.90. The summed E-state index contributed by atoms with van der Waals surface area (Å²) < 4.78 is 30.5. The SMILES string of the molecule is O=C1C(S(=O)(=O)O)C=NN1c1ccccc1. The number of hydrazone groups is 1. The van der Waals surface area contributed by atoms with Crippen molar-refractivity contribution in [1.82, 2.24) is 0 Å². The highest BCUT2D eigenvalue weighted by molar-refractivity contribution is 7.88. The number of benzene rings is 1. The Hall–Kier alpha value is -1.73. The molecule has 1 heterocycles. The summed E-state index contributed by atoms with van der Waals surface area (Å²) in [6.45, 7) is 0. The summed E-state index contributed by atoms with van der Waals surface area (Å²) in [5.41, 5.74) is 0.454. The van der Waals surface area contributed by atoms with E-state index in [4.69, 9.17) is 4.55 Å². The molecule has 1 N–H and O–H groups in total. The summed E-state index contributed by atoms with van der Waals surface area (Å²) in [6, 6.07) is 8.37. The number of hydrogen-bond donors (Lipinski definition) is 1. The van der Waals surface area contributed by atoms with Gasteiger partial charge in [0, 0.05) is 0 Å². The van der Waals surface area contributed by atoms with Gasteiger partial charge in [-0.25, -0.2) is 0 Å². The van der Waals surface area contributed by atoms with Gasteiger partial charge in [0.1, 0.15) is 0 Å². The highest BCUT2D eigenvalue weighted by atomic mass is 32.2. The monoisotopic (exact) mass is 240 g/mol. The van der Waals surface area contributed by atoms with E-state index in [1.807, 2.05) is 0 Å². The zero-order valence-corrected chi connectivity index (χ0v) is 8.83. The third kappa shape index (κ3) is 1.82. The number of hydrogen-bond acceptors (Lipinski definition) is 4. The van der Waals surface area contributed by atoms with Crippen molar-refractivity contribution in [3.8, 4) is 0 Å². The molecule has 0 bridgehead atoms. The molecule has 1 atom stereocenters. The van der Waals surface area contributed by atoms with E-state index < -0.39 is 21.3 Å². The molecule has 0 saturated heterocycles. The molecule has 7 heteroatoms. The van der Waals surface area contributed by atoms with Crippen molar-refractivity contribution in [3.63, 3.8) is 0 Å².